The molecule has 6 nitrogen and oxygen atoms in total. The fourth-order valence-electron chi connectivity index (χ4n) is 1.99. The summed E-state index contributed by atoms with van der Waals surface area (Å²) in [6.07, 6.45) is 1.50. The van der Waals surface area contributed by atoms with E-state index in [1.165, 1.54) is 6.20 Å². The zero-order valence-corrected chi connectivity index (χ0v) is 9.92. The Labute approximate surface area is 109 Å². The highest BCUT2D eigenvalue weighted by molar-refractivity contribution is 5.99. The van der Waals surface area contributed by atoms with Gasteiger partial charge in [-0.05, 0) is 23.8 Å². The van der Waals surface area contributed by atoms with E-state index in [1.807, 2.05) is 6.07 Å². The standard InChI is InChI=1S/C13H11N3O3/c14-11-8(3-4-16-12(11)13(15)17)7-1-2-9-10(5-7)19-6-18-9/h1-5H,6,14H2,(H2,15,17). The van der Waals surface area contributed by atoms with Gasteiger partial charge in [0.05, 0.1) is 5.69 Å². The maximum Gasteiger partial charge on any atom is 0.269 e. The van der Waals surface area contributed by atoms with Crippen molar-refractivity contribution >= 4 is 11.6 Å². The van der Waals surface area contributed by atoms with E-state index < -0.39 is 5.91 Å². The molecular weight excluding hydrogens is 246 g/mol. The summed E-state index contributed by atoms with van der Waals surface area (Å²) in [5.74, 6) is 0.681. The first-order chi connectivity index (χ1) is 9.16. The van der Waals surface area contributed by atoms with E-state index in [2.05, 4.69) is 4.98 Å². The first-order valence-corrected chi connectivity index (χ1v) is 5.61. The number of carbonyl (C=O) groups excluding carboxylic acids is 1. The van der Waals surface area contributed by atoms with Crippen molar-refractivity contribution in [1.82, 2.24) is 4.98 Å². The second-order valence-corrected chi connectivity index (χ2v) is 4.05. The topological polar surface area (TPSA) is 100 Å². The zero-order chi connectivity index (χ0) is 13.4. The van der Waals surface area contributed by atoms with Crippen LogP contribution in [-0.4, -0.2) is 17.7 Å². The van der Waals surface area contributed by atoms with Crippen LogP contribution >= 0.6 is 0 Å². The van der Waals surface area contributed by atoms with E-state index in [0.717, 1.165) is 5.56 Å². The molecule has 1 amide bonds. The number of hydrogen-bond donors (Lipinski definition) is 2. The summed E-state index contributed by atoms with van der Waals surface area (Å²) in [4.78, 5) is 15.1. The largest absolute Gasteiger partial charge is 0.454 e. The molecule has 1 aliphatic heterocycles. The van der Waals surface area contributed by atoms with Crippen LogP contribution in [0.3, 0.4) is 0 Å². The molecule has 0 radical (unpaired) electrons. The molecule has 19 heavy (non-hydrogen) atoms. The van der Waals surface area contributed by atoms with Crippen molar-refractivity contribution in [3.05, 3.63) is 36.2 Å². The van der Waals surface area contributed by atoms with Crippen LogP contribution in [0.1, 0.15) is 10.5 Å². The van der Waals surface area contributed by atoms with Crippen LogP contribution in [-0.2, 0) is 0 Å². The molecule has 96 valence electrons. The van der Waals surface area contributed by atoms with Crippen molar-refractivity contribution in [3.63, 3.8) is 0 Å². The molecule has 2 aromatic rings. The summed E-state index contributed by atoms with van der Waals surface area (Å²) >= 11 is 0. The first kappa shape index (κ1) is 11.3. The maximum atomic E-state index is 11.2. The molecule has 0 unspecified atom stereocenters. The summed E-state index contributed by atoms with van der Waals surface area (Å²) in [7, 11) is 0. The number of primary amides is 1. The molecule has 1 aromatic heterocycles. The number of nitrogen functional groups attached to an aromatic ring is 1. The monoisotopic (exact) mass is 257 g/mol. The highest BCUT2D eigenvalue weighted by Gasteiger charge is 2.17. The molecule has 2 heterocycles. The summed E-state index contributed by atoms with van der Waals surface area (Å²) in [5.41, 5.74) is 13.0. The van der Waals surface area contributed by atoms with Crippen LogP contribution in [0.4, 0.5) is 5.69 Å². The molecule has 0 atom stereocenters. The molecule has 0 bridgehead atoms. The fraction of sp³-hybridized carbons (Fsp3) is 0.0769. The molecule has 1 aliphatic rings. The van der Waals surface area contributed by atoms with Gasteiger partial charge in [0.2, 0.25) is 6.79 Å². The van der Waals surface area contributed by atoms with Gasteiger partial charge in [-0.2, -0.15) is 0 Å². The first-order valence-electron chi connectivity index (χ1n) is 5.61. The van der Waals surface area contributed by atoms with Gasteiger partial charge in [0.25, 0.3) is 5.91 Å². The lowest BCUT2D eigenvalue weighted by Gasteiger charge is -2.08. The Bertz CT molecular complexity index is 670. The minimum Gasteiger partial charge on any atom is -0.454 e. The van der Waals surface area contributed by atoms with Gasteiger partial charge >= 0.3 is 0 Å². The number of benzene rings is 1. The fourth-order valence-corrected chi connectivity index (χ4v) is 1.99. The third-order valence-corrected chi connectivity index (χ3v) is 2.91. The van der Waals surface area contributed by atoms with Crippen LogP contribution < -0.4 is 20.9 Å². The Hall–Kier alpha value is -2.76. The maximum absolute atomic E-state index is 11.2. The molecule has 0 spiro atoms. The van der Waals surface area contributed by atoms with Crippen molar-refractivity contribution in [1.29, 1.82) is 0 Å². The number of carbonyl (C=O) groups is 1. The number of ether oxygens (including phenoxy) is 2. The van der Waals surface area contributed by atoms with Gasteiger partial charge in [0, 0.05) is 11.8 Å². The Balaban J connectivity index is 2.12. The average Bonchev–Trinajstić information content (AvgIpc) is 2.85. The predicted octanol–water partition coefficient (Wildman–Crippen LogP) is 1.16. The van der Waals surface area contributed by atoms with E-state index in [-0.39, 0.29) is 18.2 Å². The van der Waals surface area contributed by atoms with Gasteiger partial charge in [0.15, 0.2) is 17.2 Å². The van der Waals surface area contributed by atoms with E-state index in [9.17, 15) is 4.79 Å². The van der Waals surface area contributed by atoms with Gasteiger partial charge in [0.1, 0.15) is 0 Å². The van der Waals surface area contributed by atoms with Crippen LogP contribution in [0.5, 0.6) is 11.5 Å². The smallest absolute Gasteiger partial charge is 0.269 e. The lowest BCUT2D eigenvalue weighted by atomic mass is 10.0. The number of amides is 1. The van der Waals surface area contributed by atoms with E-state index >= 15 is 0 Å². The Kier molecular flexibility index (Phi) is 2.49. The number of pyridine rings is 1. The number of anilines is 1. The van der Waals surface area contributed by atoms with Crippen LogP contribution in [0.2, 0.25) is 0 Å². The molecule has 0 saturated carbocycles. The van der Waals surface area contributed by atoms with Crippen LogP contribution in [0.25, 0.3) is 11.1 Å². The number of hydrogen-bond acceptors (Lipinski definition) is 5. The van der Waals surface area contributed by atoms with Gasteiger partial charge < -0.3 is 20.9 Å². The number of rotatable bonds is 2. The van der Waals surface area contributed by atoms with Crippen molar-refractivity contribution in [3.8, 4) is 22.6 Å². The van der Waals surface area contributed by atoms with Gasteiger partial charge in [-0.1, -0.05) is 6.07 Å². The van der Waals surface area contributed by atoms with Crippen molar-refractivity contribution in [2.24, 2.45) is 5.73 Å². The minimum absolute atomic E-state index is 0.0650. The lowest BCUT2D eigenvalue weighted by Crippen LogP contribution is -2.15. The van der Waals surface area contributed by atoms with Gasteiger partial charge in [-0.15, -0.1) is 0 Å². The quantitative estimate of drug-likeness (QED) is 0.840. The minimum atomic E-state index is -0.653. The normalized spacial score (nSPS) is 12.4. The number of nitrogens with zero attached hydrogens (tertiary/aromatic N) is 1. The van der Waals surface area contributed by atoms with Gasteiger partial charge in [-0.3, -0.25) is 4.79 Å². The molecule has 0 saturated heterocycles. The predicted molar refractivity (Wildman–Crippen MR) is 68.7 cm³/mol. The molecular formula is C13H11N3O3. The molecule has 0 fully saturated rings. The summed E-state index contributed by atoms with van der Waals surface area (Å²) in [5, 5.41) is 0. The Morgan fingerprint density at radius 3 is 2.79 bits per heavy atom. The average molecular weight is 257 g/mol. The van der Waals surface area contributed by atoms with Crippen LogP contribution in [0.15, 0.2) is 30.5 Å². The van der Waals surface area contributed by atoms with Crippen molar-refractivity contribution < 1.29 is 14.3 Å². The summed E-state index contributed by atoms with van der Waals surface area (Å²) in [6.45, 7) is 0.206. The van der Waals surface area contributed by atoms with Crippen molar-refractivity contribution in [2.45, 2.75) is 0 Å². The highest BCUT2D eigenvalue weighted by Crippen LogP contribution is 2.37. The highest BCUT2D eigenvalue weighted by atomic mass is 16.7. The van der Waals surface area contributed by atoms with E-state index in [1.54, 1.807) is 18.2 Å². The number of fused-ring (bicyclic) bond motifs is 1. The molecule has 6 heteroatoms. The lowest BCUT2D eigenvalue weighted by molar-refractivity contribution is 0.0996. The molecule has 1 aromatic carbocycles. The number of aromatic nitrogens is 1. The molecule has 4 N–H and O–H groups in total. The number of nitrogens with two attached hydrogens (primary N) is 2. The third kappa shape index (κ3) is 1.83. The summed E-state index contributed by atoms with van der Waals surface area (Å²) < 4.78 is 10.5. The Morgan fingerprint density at radius 2 is 2.00 bits per heavy atom. The summed E-state index contributed by atoms with van der Waals surface area (Å²) in [6, 6.07) is 7.16. The third-order valence-electron chi connectivity index (χ3n) is 2.91. The van der Waals surface area contributed by atoms with Gasteiger partial charge in [-0.25, -0.2) is 4.98 Å². The SMILES string of the molecule is NC(=O)c1nccc(-c2ccc3c(c2)OCO3)c1N. The molecule has 3 rings (SSSR count). The van der Waals surface area contributed by atoms with Crippen molar-refractivity contribution in [2.75, 3.05) is 12.5 Å². The van der Waals surface area contributed by atoms with E-state index in [4.69, 9.17) is 20.9 Å². The molecule has 0 aliphatic carbocycles. The zero-order valence-electron chi connectivity index (χ0n) is 9.92. The second-order valence-electron chi connectivity index (χ2n) is 4.05. The van der Waals surface area contributed by atoms with E-state index in [0.29, 0.717) is 17.1 Å². The van der Waals surface area contributed by atoms with Crippen LogP contribution in [0, 0.1) is 0 Å². The Morgan fingerprint density at radius 1 is 1.21 bits per heavy atom. The second kappa shape index (κ2) is 4.16.